The molecule has 1 unspecified atom stereocenters. The second-order valence-electron chi connectivity index (χ2n) is 4.66. The summed E-state index contributed by atoms with van der Waals surface area (Å²) in [5.41, 5.74) is 0.259. The predicted octanol–water partition coefficient (Wildman–Crippen LogP) is 0.989. The van der Waals surface area contributed by atoms with Gasteiger partial charge in [0.2, 0.25) is 5.91 Å². The molecule has 2 heterocycles. The van der Waals surface area contributed by atoms with Crippen molar-refractivity contribution in [2.75, 3.05) is 7.05 Å². The molecule has 1 atom stereocenters. The van der Waals surface area contributed by atoms with Crippen LogP contribution >= 0.6 is 12.2 Å². The van der Waals surface area contributed by atoms with Gasteiger partial charge in [-0.3, -0.25) is 23.9 Å². The highest BCUT2D eigenvalue weighted by Gasteiger charge is 2.38. The fourth-order valence-corrected chi connectivity index (χ4v) is 2.72. The van der Waals surface area contributed by atoms with E-state index in [1.807, 2.05) is 0 Å². The van der Waals surface area contributed by atoms with Gasteiger partial charge in [-0.25, -0.2) is 0 Å². The minimum absolute atomic E-state index is 0.0366. The number of para-hydroxylation sites is 1. The SMILES string of the molecule is CN1C(=O)CC(n2c(=S)[nH]c3ccccc3c2=O)C1=O. The standard InChI is InChI=1S/C13H11N3O3S/c1-15-10(17)6-9(12(15)19)16-11(18)7-4-2-3-5-8(7)14-13(16)20/h2-5,9H,6H2,1H3,(H,14,20). The molecule has 0 radical (unpaired) electrons. The first-order chi connectivity index (χ1) is 9.50. The summed E-state index contributed by atoms with van der Waals surface area (Å²) in [6, 6.07) is 6.07. The van der Waals surface area contributed by atoms with Gasteiger partial charge in [0.15, 0.2) is 4.77 Å². The Bertz CT molecular complexity index is 852. The number of rotatable bonds is 1. The largest absolute Gasteiger partial charge is 0.332 e. The highest BCUT2D eigenvalue weighted by Crippen LogP contribution is 2.22. The molecule has 0 aliphatic carbocycles. The Hall–Kier alpha value is -2.28. The van der Waals surface area contributed by atoms with Crippen LogP contribution in [0.3, 0.4) is 0 Å². The number of nitrogens with one attached hydrogen (secondary N) is 1. The molecule has 1 aliphatic heterocycles. The molecule has 1 aromatic carbocycles. The van der Waals surface area contributed by atoms with Crippen molar-refractivity contribution in [2.45, 2.75) is 12.5 Å². The van der Waals surface area contributed by atoms with E-state index >= 15 is 0 Å². The molecule has 0 saturated carbocycles. The lowest BCUT2D eigenvalue weighted by atomic mass is 10.2. The molecule has 0 bridgehead atoms. The summed E-state index contributed by atoms with van der Waals surface area (Å²) in [5, 5.41) is 0.441. The molecule has 1 N–H and O–H groups in total. The fourth-order valence-electron chi connectivity index (χ4n) is 2.40. The van der Waals surface area contributed by atoms with Crippen LogP contribution < -0.4 is 5.56 Å². The van der Waals surface area contributed by atoms with Crippen LogP contribution in [0.1, 0.15) is 12.5 Å². The smallest absolute Gasteiger partial charge is 0.262 e. The Morgan fingerprint density at radius 3 is 2.60 bits per heavy atom. The number of likely N-dealkylation sites (N-methyl/N-ethyl adjacent to an activating group) is 1. The monoisotopic (exact) mass is 289 g/mol. The molecule has 7 heteroatoms. The molecule has 1 saturated heterocycles. The van der Waals surface area contributed by atoms with E-state index in [1.165, 1.54) is 11.6 Å². The van der Waals surface area contributed by atoms with Crippen LogP contribution in [-0.4, -0.2) is 33.3 Å². The van der Waals surface area contributed by atoms with Gasteiger partial charge in [-0.15, -0.1) is 0 Å². The Balaban J connectivity index is 2.28. The van der Waals surface area contributed by atoms with Crippen molar-refractivity contribution in [1.29, 1.82) is 0 Å². The number of aromatic nitrogens is 2. The number of benzene rings is 1. The van der Waals surface area contributed by atoms with Crippen LogP contribution in [0.2, 0.25) is 0 Å². The lowest BCUT2D eigenvalue weighted by Gasteiger charge is -2.13. The number of carbonyl (C=O) groups is 2. The summed E-state index contributed by atoms with van der Waals surface area (Å²) in [4.78, 5) is 40.1. The Kier molecular flexibility index (Phi) is 2.79. The Labute approximate surface area is 118 Å². The average molecular weight is 289 g/mol. The third-order valence-corrected chi connectivity index (χ3v) is 3.80. The number of nitrogens with zero attached hydrogens (tertiary/aromatic N) is 2. The quantitative estimate of drug-likeness (QED) is 0.627. The van der Waals surface area contributed by atoms with Crippen molar-refractivity contribution >= 4 is 34.9 Å². The van der Waals surface area contributed by atoms with E-state index in [0.717, 1.165) is 4.90 Å². The molecule has 2 aromatic rings. The maximum Gasteiger partial charge on any atom is 0.262 e. The summed E-state index contributed by atoms with van der Waals surface area (Å²) in [6.07, 6.45) is -0.0366. The van der Waals surface area contributed by atoms with Gasteiger partial charge in [0.1, 0.15) is 6.04 Å². The normalized spacial score (nSPS) is 19.1. The van der Waals surface area contributed by atoms with E-state index < -0.39 is 11.9 Å². The van der Waals surface area contributed by atoms with Crippen LogP contribution in [-0.2, 0) is 9.59 Å². The summed E-state index contributed by atoms with van der Waals surface area (Å²) >= 11 is 5.16. The molecule has 2 amide bonds. The number of carbonyl (C=O) groups excluding carboxylic acids is 2. The molecule has 102 valence electrons. The summed E-state index contributed by atoms with van der Waals surface area (Å²) in [6.45, 7) is 0. The highest BCUT2D eigenvalue weighted by molar-refractivity contribution is 7.71. The maximum atomic E-state index is 12.5. The number of aromatic amines is 1. The topological polar surface area (TPSA) is 75.2 Å². The molecule has 1 aliphatic rings. The summed E-state index contributed by atoms with van der Waals surface area (Å²) in [7, 11) is 1.41. The fraction of sp³-hybridized carbons (Fsp3) is 0.231. The number of hydrogen-bond donors (Lipinski definition) is 1. The number of fused-ring (bicyclic) bond motifs is 1. The minimum atomic E-state index is -0.853. The van der Waals surface area contributed by atoms with Gasteiger partial charge in [-0.2, -0.15) is 0 Å². The van der Waals surface area contributed by atoms with Crippen molar-refractivity contribution in [3.63, 3.8) is 0 Å². The number of imide groups is 1. The highest BCUT2D eigenvalue weighted by atomic mass is 32.1. The first kappa shape index (κ1) is 12.7. The zero-order valence-electron chi connectivity index (χ0n) is 10.6. The summed E-state index contributed by atoms with van der Waals surface area (Å²) < 4.78 is 1.34. The molecular formula is C13H11N3O3S. The van der Waals surface area contributed by atoms with E-state index in [-0.39, 0.29) is 22.7 Å². The van der Waals surface area contributed by atoms with Crippen molar-refractivity contribution in [3.8, 4) is 0 Å². The molecule has 20 heavy (non-hydrogen) atoms. The van der Waals surface area contributed by atoms with E-state index in [1.54, 1.807) is 24.3 Å². The van der Waals surface area contributed by atoms with Crippen molar-refractivity contribution in [3.05, 3.63) is 39.4 Å². The van der Waals surface area contributed by atoms with Gasteiger partial charge < -0.3 is 4.98 Å². The van der Waals surface area contributed by atoms with E-state index in [4.69, 9.17) is 12.2 Å². The second-order valence-corrected chi connectivity index (χ2v) is 5.05. The predicted molar refractivity (Wildman–Crippen MR) is 74.8 cm³/mol. The zero-order chi connectivity index (χ0) is 14.4. The van der Waals surface area contributed by atoms with Gasteiger partial charge in [-0.1, -0.05) is 12.1 Å². The Morgan fingerprint density at radius 1 is 1.25 bits per heavy atom. The van der Waals surface area contributed by atoms with Gasteiger partial charge in [0.25, 0.3) is 11.5 Å². The molecule has 3 rings (SSSR count). The lowest BCUT2D eigenvalue weighted by Crippen LogP contribution is -2.32. The average Bonchev–Trinajstić information content (AvgIpc) is 2.67. The summed E-state index contributed by atoms with van der Waals surface area (Å²) in [5.74, 6) is -0.721. The van der Waals surface area contributed by atoms with Crippen molar-refractivity contribution < 1.29 is 9.59 Å². The van der Waals surface area contributed by atoms with Crippen LogP contribution in [0.15, 0.2) is 29.1 Å². The third kappa shape index (κ3) is 1.70. The number of likely N-dealkylation sites (tertiary alicyclic amines) is 1. The zero-order valence-corrected chi connectivity index (χ0v) is 11.4. The number of amides is 2. The lowest BCUT2D eigenvalue weighted by molar-refractivity contribution is -0.137. The number of H-pyrrole nitrogens is 1. The van der Waals surface area contributed by atoms with E-state index in [9.17, 15) is 14.4 Å². The van der Waals surface area contributed by atoms with E-state index in [0.29, 0.717) is 10.9 Å². The molecule has 0 spiro atoms. The van der Waals surface area contributed by atoms with Crippen LogP contribution in [0.5, 0.6) is 0 Å². The molecule has 1 aromatic heterocycles. The first-order valence-electron chi connectivity index (χ1n) is 6.04. The second kappa shape index (κ2) is 4.38. The van der Waals surface area contributed by atoms with Crippen molar-refractivity contribution in [2.24, 2.45) is 0 Å². The van der Waals surface area contributed by atoms with Gasteiger partial charge in [-0.05, 0) is 24.4 Å². The molecule has 6 nitrogen and oxygen atoms in total. The van der Waals surface area contributed by atoms with Gasteiger partial charge >= 0.3 is 0 Å². The van der Waals surface area contributed by atoms with E-state index in [2.05, 4.69) is 4.98 Å². The minimum Gasteiger partial charge on any atom is -0.332 e. The Morgan fingerprint density at radius 2 is 1.95 bits per heavy atom. The van der Waals surface area contributed by atoms with Crippen LogP contribution in [0, 0.1) is 4.77 Å². The third-order valence-electron chi connectivity index (χ3n) is 3.51. The van der Waals surface area contributed by atoms with Gasteiger partial charge in [0.05, 0.1) is 17.3 Å². The maximum absolute atomic E-state index is 12.5. The molecular weight excluding hydrogens is 278 g/mol. The van der Waals surface area contributed by atoms with Gasteiger partial charge in [0, 0.05) is 7.05 Å². The molecule has 1 fully saturated rings. The van der Waals surface area contributed by atoms with Crippen LogP contribution in [0.25, 0.3) is 10.9 Å². The first-order valence-corrected chi connectivity index (χ1v) is 6.45. The van der Waals surface area contributed by atoms with Crippen LogP contribution in [0.4, 0.5) is 0 Å². The van der Waals surface area contributed by atoms with Crippen molar-refractivity contribution in [1.82, 2.24) is 14.5 Å². The number of hydrogen-bond acceptors (Lipinski definition) is 4.